The highest BCUT2D eigenvalue weighted by molar-refractivity contribution is 5.67. The molecule has 49 heavy (non-hydrogen) atoms. The maximum absolute atomic E-state index is 12.7. The third-order valence-corrected chi connectivity index (χ3v) is 9.33. The topological polar surface area (TPSA) is 66.0 Å². The molecule has 0 aromatic heterocycles. The number of carbonyl (C=O) groups is 1. The molecule has 0 heterocycles. The molecule has 3 rings (SSSR count). The number of unbranched alkanes of at least 4 members (excludes halogenated alkanes) is 15. The lowest BCUT2D eigenvalue weighted by Crippen LogP contribution is -2.43. The zero-order chi connectivity index (χ0) is 34.8. The molecule has 6 heteroatoms. The number of rotatable bonds is 27. The second-order valence-corrected chi connectivity index (χ2v) is 13.2. The van der Waals surface area contributed by atoms with Gasteiger partial charge in [-0.3, -0.25) is 0 Å². The van der Waals surface area contributed by atoms with Gasteiger partial charge in [0.2, 0.25) is 0 Å². The number of carbonyl (C=O) groups excluding carboxylic acids is 1. The lowest BCUT2D eigenvalue weighted by molar-refractivity contribution is -0.0394. The van der Waals surface area contributed by atoms with E-state index in [4.69, 9.17) is 18.9 Å². The Morgan fingerprint density at radius 3 is 1.49 bits per heavy atom. The summed E-state index contributed by atoms with van der Waals surface area (Å²) in [5, 5.41) is 2.93. The van der Waals surface area contributed by atoms with Crippen LogP contribution in [0.25, 0.3) is 0 Å². The van der Waals surface area contributed by atoms with Gasteiger partial charge in [-0.05, 0) is 41.8 Å². The van der Waals surface area contributed by atoms with Crippen molar-refractivity contribution in [3.05, 3.63) is 96.1 Å². The molecule has 0 radical (unpaired) electrons. The van der Waals surface area contributed by atoms with Crippen molar-refractivity contribution >= 4 is 6.09 Å². The van der Waals surface area contributed by atoms with Crippen molar-refractivity contribution in [3.63, 3.8) is 0 Å². The van der Waals surface area contributed by atoms with Crippen molar-refractivity contribution in [2.75, 3.05) is 27.4 Å². The smallest absolute Gasteiger partial charge is 0.407 e. The van der Waals surface area contributed by atoms with Crippen LogP contribution < -0.4 is 14.8 Å². The molecule has 1 amide bonds. The van der Waals surface area contributed by atoms with Gasteiger partial charge < -0.3 is 24.3 Å². The maximum atomic E-state index is 12.7. The fourth-order valence-electron chi connectivity index (χ4n) is 6.43. The Hall–Kier alpha value is -3.51. The lowest BCUT2D eigenvalue weighted by atomic mass is 9.84. The van der Waals surface area contributed by atoms with Gasteiger partial charge in [0, 0.05) is 19.6 Å². The summed E-state index contributed by atoms with van der Waals surface area (Å²) in [6.07, 6.45) is 19.7. The molecule has 0 aliphatic carbocycles. The predicted octanol–water partition coefficient (Wildman–Crippen LogP) is 11.3. The summed E-state index contributed by atoms with van der Waals surface area (Å²) < 4.78 is 23.7. The van der Waals surface area contributed by atoms with Gasteiger partial charge in [0.05, 0.1) is 7.11 Å². The van der Waals surface area contributed by atoms with E-state index >= 15 is 0 Å². The molecule has 6 nitrogen and oxygen atoms in total. The van der Waals surface area contributed by atoms with E-state index in [0.29, 0.717) is 12.3 Å². The second-order valence-electron chi connectivity index (χ2n) is 13.2. The third-order valence-electron chi connectivity index (χ3n) is 9.33. The average Bonchev–Trinajstić information content (AvgIpc) is 3.14. The minimum atomic E-state index is -0.534. The summed E-state index contributed by atoms with van der Waals surface area (Å²) in [7, 11) is 3.28. The van der Waals surface area contributed by atoms with Crippen LogP contribution in [0.5, 0.6) is 11.5 Å². The van der Waals surface area contributed by atoms with E-state index in [2.05, 4.69) is 36.5 Å². The van der Waals surface area contributed by atoms with Crippen LogP contribution in [0.3, 0.4) is 0 Å². The zero-order valence-corrected chi connectivity index (χ0v) is 30.6. The Labute approximate surface area is 297 Å². The van der Waals surface area contributed by atoms with Gasteiger partial charge in [-0.1, -0.05) is 164 Å². The first-order valence-corrected chi connectivity index (χ1v) is 19.0. The Kier molecular flexibility index (Phi) is 20.7. The minimum absolute atomic E-state index is 0.0538. The van der Waals surface area contributed by atoms with Crippen molar-refractivity contribution in [2.24, 2.45) is 0 Å². The molecule has 0 fully saturated rings. The quantitative estimate of drug-likeness (QED) is 0.0816. The number of benzene rings is 3. The minimum Gasteiger partial charge on any atom is -0.497 e. The summed E-state index contributed by atoms with van der Waals surface area (Å²) >= 11 is 0. The molecule has 0 saturated heterocycles. The summed E-state index contributed by atoms with van der Waals surface area (Å²) in [6, 6.07) is 28.0. The zero-order valence-electron chi connectivity index (χ0n) is 30.6. The van der Waals surface area contributed by atoms with Crippen molar-refractivity contribution in [1.29, 1.82) is 0 Å². The molecule has 2 unspecified atom stereocenters. The van der Waals surface area contributed by atoms with Gasteiger partial charge in [0.15, 0.2) is 0 Å². The Balaban J connectivity index is 1.41. The molecule has 3 aromatic rings. The fourth-order valence-corrected chi connectivity index (χ4v) is 6.43. The number of amides is 1. The lowest BCUT2D eigenvalue weighted by Gasteiger charge is -2.34. The van der Waals surface area contributed by atoms with E-state index < -0.39 is 18.3 Å². The molecule has 0 aliphatic rings. The molecule has 0 saturated carbocycles. The highest BCUT2D eigenvalue weighted by Crippen LogP contribution is 2.34. The van der Waals surface area contributed by atoms with Crippen LogP contribution in [0.1, 0.15) is 127 Å². The Morgan fingerprint density at radius 1 is 0.592 bits per heavy atom. The van der Waals surface area contributed by atoms with Gasteiger partial charge in [-0.25, -0.2) is 4.79 Å². The van der Waals surface area contributed by atoms with Crippen molar-refractivity contribution in [1.82, 2.24) is 5.32 Å². The van der Waals surface area contributed by atoms with Crippen LogP contribution in [-0.4, -0.2) is 45.7 Å². The van der Waals surface area contributed by atoms with E-state index in [1.807, 2.05) is 60.7 Å². The van der Waals surface area contributed by atoms with Crippen LogP contribution in [0.2, 0.25) is 0 Å². The highest BCUT2D eigenvalue weighted by Gasteiger charge is 2.35. The monoisotopic (exact) mass is 673 g/mol. The Bertz CT molecular complexity index is 1180. The molecule has 0 aliphatic heterocycles. The molecule has 0 bridgehead atoms. The molecular formula is C43H63NO5. The third kappa shape index (κ3) is 16.2. The molecule has 0 spiro atoms. The molecule has 1 N–H and O–H groups in total. The van der Waals surface area contributed by atoms with Gasteiger partial charge in [0.25, 0.3) is 0 Å². The molecule has 3 aromatic carbocycles. The normalized spacial score (nSPS) is 12.4. The number of hydrogen-bond donors (Lipinski definition) is 1. The van der Waals surface area contributed by atoms with Gasteiger partial charge in [0.1, 0.15) is 30.3 Å². The second kappa shape index (κ2) is 25.5. The van der Waals surface area contributed by atoms with Gasteiger partial charge in [-0.2, -0.15) is 0 Å². The first-order chi connectivity index (χ1) is 24.2. The highest BCUT2D eigenvalue weighted by atomic mass is 16.6. The van der Waals surface area contributed by atoms with E-state index in [-0.39, 0.29) is 12.5 Å². The van der Waals surface area contributed by atoms with E-state index in [1.54, 1.807) is 14.2 Å². The van der Waals surface area contributed by atoms with Gasteiger partial charge >= 0.3 is 6.09 Å². The van der Waals surface area contributed by atoms with Gasteiger partial charge in [-0.15, -0.1) is 0 Å². The van der Waals surface area contributed by atoms with Crippen LogP contribution in [0, 0.1) is 0 Å². The first-order valence-electron chi connectivity index (χ1n) is 19.0. The molecular weight excluding hydrogens is 610 g/mol. The van der Waals surface area contributed by atoms with E-state index in [1.165, 1.54) is 89.9 Å². The molecule has 2 atom stereocenters. The standard InChI is InChI=1S/C43H63NO5/c1-4-5-6-7-8-9-10-11-12-13-14-15-16-17-18-25-34-44-43(45)48-35-40(47-3)42(49-39-32-30-38(46-2)31-33-39)41(36-26-21-19-22-27-36)37-28-23-20-24-29-37/h19-24,26-33,40-42H,4-18,25,34-35H2,1-3H3,(H,44,45). The average molecular weight is 674 g/mol. The summed E-state index contributed by atoms with van der Waals surface area (Å²) in [5.41, 5.74) is 2.17. The summed E-state index contributed by atoms with van der Waals surface area (Å²) in [6.45, 7) is 2.94. The number of ether oxygens (including phenoxy) is 4. The van der Waals surface area contributed by atoms with Crippen LogP contribution in [-0.2, 0) is 9.47 Å². The SMILES string of the molecule is CCCCCCCCCCCCCCCCCCNC(=O)OCC(OC)C(Oc1ccc(OC)cc1)C(c1ccccc1)c1ccccc1. The number of alkyl carbamates (subject to hydrolysis) is 1. The van der Waals surface area contributed by atoms with E-state index in [0.717, 1.165) is 29.7 Å². The van der Waals surface area contributed by atoms with Crippen molar-refractivity contribution in [3.8, 4) is 11.5 Å². The first kappa shape index (κ1) is 39.9. The maximum Gasteiger partial charge on any atom is 0.407 e. The Morgan fingerprint density at radius 2 is 1.04 bits per heavy atom. The number of methoxy groups -OCH3 is 2. The summed E-state index contributed by atoms with van der Waals surface area (Å²) in [4.78, 5) is 12.7. The van der Waals surface area contributed by atoms with Crippen molar-refractivity contribution < 1.29 is 23.7 Å². The van der Waals surface area contributed by atoms with Crippen molar-refractivity contribution in [2.45, 2.75) is 128 Å². The number of nitrogens with one attached hydrogen (secondary N) is 1. The van der Waals surface area contributed by atoms with Crippen LogP contribution in [0.4, 0.5) is 4.79 Å². The largest absolute Gasteiger partial charge is 0.497 e. The van der Waals surface area contributed by atoms with Crippen LogP contribution in [0.15, 0.2) is 84.9 Å². The van der Waals surface area contributed by atoms with Crippen LogP contribution >= 0.6 is 0 Å². The predicted molar refractivity (Wildman–Crippen MR) is 202 cm³/mol. The summed E-state index contributed by atoms with van der Waals surface area (Å²) in [5.74, 6) is 1.25. The van der Waals surface area contributed by atoms with E-state index in [9.17, 15) is 4.79 Å². The number of hydrogen-bond acceptors (Lipinski definition) is 5. The molecule has 270 valence electrons. The fraction of sp³-hybridized carbons (Fsp3) is 0.558.